The number of carbonyl (C=O) groups excluding carboxylic acids is 2. The third-order valence-electron chi connectivity index (χ3n) is 6.68. The first-order valence-corrected chi connectivity index (χ1v) is 13.0. The number of pyridine rings is 1. The predicted molar refractivity (Wildman–Crippen MR) is 141 cm³/mol. The van der Waals surface area contributed by atoms with Crippen LogP contribution in [0.25, 0.3) is 17.1 Å². The van der Waals surface area contributed by atoms with Gasteiger partial charge in [-0.1, -0.05) is 11.6 Å². The first-order chi connectivity index (χ1) is 20.6. The van der Waals surface area contributed by atoms with Gasteiger partial charge in [0.05, 0.1) is 18.8 Å². The van der Waals surface area contributed by atoms with Gasteiger partial charge in [0, 0.05) is 23.2 Å². The molecule has 0 aliphatic carbocycles. The molecule has 0 bridgehead atoms. The topological polar surface area (TPSA) is 167 Å². The maximum absolute atomic E-state index is 14.1. The van der Waals surface area contributed by atoms with E-state index in [4.69, 9.17) is 17.3 Å². The summed E-state index contributed by atoms with van der Waals surface area (Å²) in [6.07, 6.45) is -6.47. The lowest BCUT2D eigenvalue weighted by Gasteiger charge is -2.22. The lowest BCUT2D eigenvalue weighted by molar-refractivity contribution is -0.207. The Kier molecular flexibility index (Phi) is 7.98. The molecule has 1 saturated heterocycles. The quantitative estimate of drug-likeness (QED) is 0.274. The standard InChI is InChI=1S/C25H21ClF5N9O4/c26-14-5-3-13(4-6-14)21-36-39(23(44)37(21)9-17(41)25(29,30)31)10-18-34-12-40(35-18)15-2-1-7-33-19(15)22(43)38-11-24(27,28)8-16(38)20(32)42/h1-7,12,16-17,41H,8-11H2,(H2,32,42)/t16-,17+/m1/s1. The second-order valence-electron chi connectivity index (χ2n) is 9.83. The molecule has 232 valence electrons. The number of aliphatic hydroxyl groups excluding tert-OH is 1. The van der Waals surface area contributed by atoms with Gasteiger partial charge in [-0.3, -0.25) is 14.2 Å². The van der Waals surface area contributed by atoms with Crippen molar-refractivity contribution in [3.05, 3.63) is 75.9 Å². The molecular weight excluding hydrogens is 621 g/mol. The number of hydrogen-bond donors (Lipinski definition) is 2. The van der Waals surface area contributed by atoms with Gasteiger partial charge in [0.1, 0.15) is 18.9 Å². The van der Waals surface area contributed by atoms with E-state index in [9.17, 15) is 41.4 Å². The molecule has 3 N–H and O–H groups in total. The van der Waals surface area contributed by atoms with Gasteiger partial charge < -0.3 is 15.7 Å². The Balaban J connectivity index is 1.46. The molecule has 1 aliphatic rings. The Morgan fingerprint density at radius 2 is 1.84 bits per heavy atom. The van der Waals surface area contributed by atoms with Crippen molar-refractivity contribution < 1.29 is 36.6 Å². The molecule has 2 atom stereocenters. The smallest absolute Gasteiger partial charge is 0.382 e. The fourth-order valence-electron chi connectivity index (χ4n) is 4.58. The van der Waals surface area contributed by atoms with Gasteiger partial charge in [-0.2, -0.15) is 13.2 Å². The number of nitrogens with two attached hydrogens (primary N) is 1. The lowest BCUT2D eigenvalue weighted by Crippen LogP contribution is -2.44. The molecule has 0 radical (unpaired) electrons. The van der Waals surface area contributed by atoms with E-state index in [-0.39, 0.29) is 28.6 Å². The molecule has 19 heteroatoms. The number of halogens is 6. The molecular formula is C25H21ClF5N9O4. The maximum atomic E-state index is 14.1. The molecule has 1 aliphatic heterocycles. The van der Waals surface area contributed by atoms with Crippen LogP contribution in [0.1, 0.15) is 22.7 Å². The minimum atomic E-state index is -5.01. The van der Waals surface area contributed by atoms with Gasteiger partial charge in [-0.25, -0.2) is 32.9 Å². The summed E-state index contributed by atoms with van der Waals surface area (Å²) in [7, 11) is 0. The van der Waals surface area contributed by atoms with Crippen LogP contribution in [-0.4, -0.2) is 86.7 Å². The summed E-state index contributed by atoms with van der Waals surface area (Å²) in [6, 6.07) is 6.98. The number of aliphatic hydroxyl groups is 1. The minimum absolute atomic E-state index is 0.0114. The van der Waals surface area contributed by atoms with Crippen LogP contribution in [0.5, 0.6) is 0 Å². The maximum Gasteiger partial charge on any atom is 0.416 e. The second-order valence-corrected chi connectivity index (χ2v) is 10.3. The van der Waals surface area contributed by atoms with Crippen LogP contribution in [0, 0.1) is 0 Å². The van der Waals surface area contributed by atoms with E-state index < -0.39 is 67.8 Å². The molecule has 0 spiro atoms. The average Bonchev–Trinajstić information content (AvgIpc) is 3.65. The molecule has 44 heavy (non-hydrogen) atoms. The molecule has 4 aromatic rings. The van der Waals surface area contributed by atoms with Crippen LogP contribution in [-0.2, 0) is 17.9 Å². The normalized spacial score (nSPS) is 17.2. The summed E-state index contributed by atoms with van der Waals surface area (Å²) in [5.74, 6) is -5.74. The van der Waals surface area contributed by atoms with E-state index in [0.29, 0.717) is 14.5 Å². The highest BCUT2D eigenvalue weighted by molar-refractivity contribution is 6.30. The largest absolute Gasteiger partial charge is 0.416 e. The van der Waals surface area contributed by atoms with E-state index in [1.807, 2.05) is 0 Å². The van der Waals surface area contributed by atoms with Crippen molar-refractivity contribution in [3.8, 4) is 17.1 Å². The number of rotatable bonds is 8. The van der Waals surface area contributed by atoms with E-state index in [2.05, 4.69) is 20.2 Å². The van der Waals surface area contributed by atoms with Crippen LogP contribution in [0.3, 0.4) is 0 Å². The number of likely N-dealkylation sites (tertiary alicyclic amines) is 1. The first-order valence-electron chi connectivity index (χ1n) is 12.7. The number of nitrogens with zero attached hydrogens (tertiary/aromatic N) is 8. The molecule has 13 nitrogen and oxygen atoms in total. The van der Waals surface area contributed by atoms with Crippen LogP contribution < -0.4 is 11.4 Å². The summed E-state index contributed by atoms with van der Waals surface area (Å²) < 4.78 is 70.0. The summed E-state index contributed by atoms with van der Waals surface area (Å²) in [5.41, 5.74) is 4.10. The molecule has 0 saturated carbocycles. The number of alkyl halides is 5. The van der Waals surface area contributed by atoms with Gasteiger partial charge in [-0.05, 0) is 36.4 Å². The van der Waals surface area contributed by atoms with E-state index in [1.165, 1.54) is 42.6 Å². The van der Waals surface area contributed by atoms with Crippen LogP contribution in [0.2, 0.25) is 5.02 Å². The molecule has 5 rings (SSSR count). The monoisotopic (exact) mass is 641 g/mol. The number of benzene rings is 1. The zero-order chi connectivity index (χ0) is 32.0. The number of aromatic nitrogens is 7. The number of primary amides is 1. The fourth-order valence-corrected chi connectivity index (χ4v) is 4.71. The van der Waals surface area contributed by atoms with Crippen molar-refractivity contribution >= 4 is 23.4 Å². The third-order valence-corrected chi connectivity index (χ3v) is 6.94. The number of amides is 2. The van der Waals surface area contributed by atoms with E-state index in [0.717, 1.165) is 15.7 Å². The molecule has 4 heterocycles. The molecule has 1 fully saturated rings. The third kappa shape index (κ3) is 6.16. The zero-order valence-electron chi connectivity index (χ0n) is 22.2. The molecule has 2 amide bonds. The van der Waals surface area contributed by atoms with Crippen molar-refractivity contribution in [1.82, 2.24) is 39.0 Å². The van der Waals surface area contributed by atoms with Crippen LogP contribution in [0.15, 0.2) is 53.7 Å². The summed E-state index contributed by atoms with van der Waals surface area (Å²) in [5, 5.41) is 18.3. The summed E-state index contributed by atoms with van der Waals surface area (Å²) in [6.45, 7) is -2.65. The van der Waals surface area contributed by atoms with Gasteiger partial charge in [0.2, 0.25) is 5.91 Å². The molecule has 3 aromatic heterocycles. The Morgan fingerprint density at radius 3 is 2.50 bits per heavy atom. The molecule has 0 unspecified atom stereocenters. The van der Waals surface area contributed by atoms with Crippen molar-refractivity contribution in [2.45, 2.75) is 43.8 Å². The summed E-state index contributed by atoms with van der Waals surface area (Å²) in [4.78, 5) is 46.8. The van der Waals surface area contributed by atoms with Crippen molar-refractivity contribution in [2.24, 2.45) is 5.73 Å². The Morgan fingerprint density at radius 1 is 1.14 bits per heavy atom. The van der Waals surface area contributed by atoms with Gasteiger partial charge in [0.25, 0.3) is 11.8 Å². The van der Waals surface area contributed by atoms with E-state index >= 15 is 0 Å². The van der Waals surface area contributed by atoms with Crippen LogP contribution in [0.4, 0.5) is 22.0 Å². The zero-order valence-corrected chi connectivity index (χ0v) is 23.0. The Bertz CT molecular complexity index is 1770. The van der Waals surface area contributed by atoms with Gasteiger partial charge >= 0.3 is 11.9 Å². The van der Waals surface area contributed by atoms with Crippen molar-refractivity contribution in [2.75, 3.05) is 6.54 Å². The van der Waals surface area contributed by atoms with Crippen molar-refractivity contribution in [1.29, 1.82) is 0 Å². The SMILES string of the molecule is NC(=O)[C@H]1CC(F)(F)CN1C(=O)c1ncccc1-n1cnc(Cn2nc(-c3ccc(Cl)cc3)n(C[C@H](O)C(F)(F)F)c2=O)n1. The van der Waals surface area contributed by atoms with Gasteiger partial charge in [-0.15, -0.1) is 10.2 Å². The minimum Gasteiger partial charge on any atom is -0.382 e. The predicted octanol–water partition coefficient (Wildman–Crippen LogP) is 1.65. The second kappa shape index (κ2) is 11.4. The highest BCUT2D eigenvalue weighted by atomic mass is 35.5. The Labute approximate surface area is 248 Å². The highest BCUT2D eigenvalue weighted by Gasteiger charge is 2.50. The highest BCUT2D eigenvalue weighted by Crippen LogP contribution is 2.33. The summed E-state index contributed by atoms with van der Waals surface area (Å²) >= 11 is 5.90. The fraction of sp³-hybridized carbons (Fsp3) is 0.320. The van der Waals surface area contributed by atoms with Gasteiger partial charge in [0.15, 0.2) is 23.4 Å². The molecule has 1 aromatic carbocycles. The number of carbonyl (C=O) groups is 2. The lowest BCUT2D eigenvalue weighted by atomic mass is 10.1. The van der Waals surface area contributed by atoms with Crippen LogP contribution >= 0.6 is 11.6 Å². The number of hydrogen-bond acceptors (Lipinski definition) is 8. The van der Waals surface area contributed by atoms with E-state index in [1.54, 1.807) is 0 Å². The van der Waals surface area contributed by atoms with Crippen molar-refractivity contribution in [3.63, 3.8) is 0 Å². The Hall–Kier alpha value is -4.71. The average molecular weight is 642 g/mol. The first kappa shape index (κ1) is 30.7.